The molecule has 0 radical (unpaired) electrons. The minimum absolute atomic E-state index is 0.0518. The van der Waals surface area contributed by atoms with Crippen LogP contribution < -0.4 is 20.9 Å². The predicted octanol–water partition coefficient (Wildman–Crippen LogP) is 3.68. The first kappa shape index (κ1) is 22.2. The van der Waals surface area contributed by atoms with Crippen molar-refractivity contribution in [2.45, 2.75) is 19.4 Å². The predicted molar refractivity (Wildman–Crippen MR) is 114 cm³/mol. The van der Waals surface area contributed by atoms with Crippen LogP contribution in [0.15, 0.2) is 42.5 Å². The molecule has 0 aliphatic heterocycles. The van der Waals surface area contributed by atoms with Gasteiger partial charge in [-0.15, -0.1) is 0 Å². The fraction of sp³-hybridized carbons (Fsp3) is 0.167. The fourth-order valence-corrected chi connectivity index (χ4v) is 2.77. The monoisotopic (exact) mass is 459 g/mol. The number of carbonyl (C=O) groups is 2. The summed E-state index contributed by atoms with van der Waals surface area (Å²) in [5.74, 6) is -0.542. The molecule has 3 N–H and O–H groups in total. The van der Waals surface area contributed by atoms with Crippen LogP contribution in [-0.4, -0.2) is 23.0 Å². The minimum atomic E-state index is -0.876. The van der Waals surface area contributed by atoms with E-state index in [1.807, 2.05) is 0 Å². The Morgan fingerprint density at radius 3 is 2.32 bits per heavy atom. The number of hydrogen-bond acceptors (Lipinski definition) is 4. The number of amides is 2. The zero-order valence-corrected chi connectivity index (χ0v) is 17.7. The van der Waals surface area contributed by atoms with Gasteiger partial charge in [0.15, 0.2) is 11.2 Å². The summed E-state index contributed by atoms with van der Waals surface area (Å²) in [6.07, 6.45) is -0.764. The third-order valence-corrected chi connectivity index (χ3v) is 4.38. The number of benzene rings is 2. The van der Waals surface area contributed by atoms with E-state index < -0.39 is 12.0 Å². The third kappa shape index (κ3) is 7.16. The van der Waals surface area contributed by atoms with Crippen LogP contribution in [-0.2, 0) is 16.0 Å². The molecule has 28 heavy (non-hydrogen) atoms. The van der Waals surface area contributed by atoms with Gasteiger partial charge in [0.05, 0.1) is 11.4 Å². The quantitative estimate of drug-likeness (QED) is 0.468. The standard InChI is InChI=1S/C18H16Cl3N3O3S/c1-10(27-15-7-6-13(20)9-14(15)21)17(26)23-24-18(28)22-16(25)8-11-2-4-12(19)5-3-11/h2-7,9-10H,8H2,1H3,(H,23,26)(H2,22,24,25,28). The molecule has 0 saturated heterocycles. The molecule has 0 spiro atoms. The van der Waals surface area contributed by atoms with Crippen LogP contribution in [0.2, 0.25) is 15.1 Å². The lowest BCUT2D eigenvalue weighted by Crippen LogP contribution is -2.51. The largest absolute Gasteiger partial charge is 0.479 e. The second kappa shape index (κ2) is 10.5. The maximum absolute atomic E-state index is 12.1. The van der Waals surface area contributed by atoms with Crippen LogP contribution in [0, 0.1) is 0 Å². The molecule has 2 amide bonds. The first-order valence-corrected chi connectivity index (χ1v) is 9.54. The highest BCUT2D eigenvalue weighted by Gasteiger charge is 2.17. The molecule has 0 aromatic heterocycles. The second-order valence-electron chi connectivity index (χ2n) is 5.63. The van der Waals surface area contributed by atoms with Crippen LogP contribution in [0.25, 0.3) is 0 Å². The Morgan fingerprint density at radius 1 is 1.04 bits per heavy atom. The fourth-order valence-electron chi connectivity index (χ4n) is 2.02. The Kier molecular flexibility index (Phi) is 8.32. The molecule has 1 unspecified atom stereocenters. The van der Waals surface area contributed by atoms with Crippen molar-refractivity contribution in [1.29, 1.82) is 0 Å². The van der Waals surface area contributed by atoms with Crippen LogP contribution in [0.3, 0.4) is 0 Å². The molecule has 0 aliphatic rings. The average Bonchev–Trinajstić information content (AvgIpc) is 2.63. The molecule has 10 heteroatoms. The molecule has 1 atom stereocenters. The molecule has 2 rings (SSSR count). The SMILES string of the molecule is CC(Oc1ccc(Cl)cc1Cl)C(=O)NNC(=S)NC(=O)Cc1ccc(Cl)cc1. The van der Waals surface area contributed by atoms with E-state index in [1.165, 1.54) is 13.0 Å². The number of hydrogen-bond donors (Lipinski definition) is 3. The lowest BCUT2D eigenvalue weighted by atomic mass is 10.1. The van der Waals surface area contributed by atoms with E-state index in [-0.39, 0.29) is 22.5 Å². The molecule has 2 aromatic rings. The van der Waals surface area contributed by atoms with Crippen molar-refractivity contribution >= 4 is 63.9 Å². The number of thiocarbonyl (C=S) groups is 1. The first-order chi connectivity index (χ1) is 13.2. The topological polar surface area (TPSA) is 79.5 Å². The van der Waals surface area contributed by atoms with Gasteiger partial charge in [-0.3, -0.25) is 20.4 Å². The summed E-state index contributed by atoms with van der Waals surface area (Å²) in [4.78, 5) is 24.0. The summed E-state index contributed by atoms with van der Waals surface area (Å²) in [6.45, 7) is 1.53. The van der Waals surface area contributed by atoms with Crippen molar-refractivity contribution in [3.05, 3.63) is 63.1 Å². The lowest BCUT2D eigenvalue weighted by molar-refractivity contribution is -0.128. The average molecular weight is 461 g/mol. The van der Waals surface area contributed by atoms with Crippen molar-refractivity contribution in [1.82, 2.24) is 16.2 Å². The number of rotatable bonds is 5. The van der Waals surface area contributed by atoms with Gasteiger partial charge in [-0.1, -0.05) is 46.9 Å². The maximum Gasteiger partial charge on any atom is 0.279 e. The van der Waals surface area contributed by atoms with Crippen LogP contribution >= 0.6 is 47.0 Å². The van der Waals surface area contributed by atoms with E-state index in [4.69, 9.17) is 51.8 Å². The molecule has 0 fully saturated rings. The number of halogens is 3. The molecule has 0 aliphatic carbocycles. The zero-order chi connectivity index (χ0) is 20.7. The summed E-state index contributed by atoms with van der Waals surface area (Å²) in [7, 11) is 0. The highest BCUT2D eigenvalue weighted by atomic mass is 35.5. The Balaban J connectivity index is 1.77. The Hall–Kier alpha value is -2.06. The Bertz CT molecular complexity index is 878. The van der Waals surface area contributed by atoms with Gasteiger partial charge in [-0.25, -0.2) is 0 Å². The van der Waals surface area contributed by atoms with Gasteiger partial charge < -0.3 is 10.1 Å². The van der Waals surface area contributed by atoms with Crippen LogP contribution in [0.1, 0.15) is 12.5 Å². The van der Waals surface area contributed by atoms with Gasteiger partial charge in [0.1, 0.15) is 5.75 Å². The number of nitrogens with one attached hydrogen (secondary N) is 3. The van der Waals surface area contributed by atoms with E-state index in [2.05, 4.69) is 16.2 Å². The van der Waals surface area contributed by atoms with Crippen molar-refractivity contribution in [2.75, 3.05) is 0 Å². The Labute approximate surface area is 182 Å². The summed E-state index contributed by atoms with van der Waals surface area (Å²) >= 11 is 22.6. The van der Waals surface area contributed by atoms with E-state index >= 15 is 0 Å². The van der Waals surface area contributed by atoms with Gasteiger partial charge in [0.2, 0.25) is 5.91 Å². The Morgan fingerprint density at radius 2 is 1.68 bits per heavy atom. The van der Waals surface area contributed by atoms with Gasteiger partial charge in [0, 0.05) is 10.0 Å². The second-order valence-corrected chi connectivity index (χ2v) is 7.32. The summed E-state index contributed by atoms with van der Waals surface area (Å²) in [5.41, 5.74) is 5.57. The highest BCUT2D eigenvalue weighted by molar-refractivity contribution is 7.80. The molecule has 0 heterocycles. The maximum atomic E-state index is 12.1. The first-order valence-electron chi connectivity index (χ1n) is 8.00. The highest BCUT2D eigenvalue weighted by Crippen LogP contribution is 2.28. The molecule has 0 saturated carbocycles. The van der Waals surface area contributed by atoms with Crippen LogP contribution in [0.4, 0.5) is 0 Å². The molecular formula is C18H16Cl3N3O3S. The normalized spacial score (nSPS) is 11.3. The van der Waals surface area contributed by atoms with Crippen molar-refractivity contribution in [3.63, 3.8) is 0 Å². The lowest BCUT2D eigenvalue weighted by Gasteiger charge is -2.17. The van der Waals surface area contributed by atoms with Crippen LogP contribution in [0.5, 0.6) is 5.75 Å². The van der Waals surface area contributed by atoms with E-state index in [0.29, 0.717) is 15.8 Å². The summed E-state index contributed by atoms with van der Waals surface area (Å²) in [5, 5.41) is 3.73. The van der Waals surface area contributed by atoms with Crippen molar-refractivity contribution in [2.24, 2.45) is 0 Å². The molecule has 148 valence electrons. The smallest absolute Gasteiger partial charge is 0.279 e. The van der Waals surface area contributed by atoms with E-state index in [0.717, 1.165) is 5.56 Å². The zero-order valence-electron chi connectivity index (χ0n) is 14.6. The van der Waals surface area contributed by atoms with Gasteiger partial charge in [-0.05, 0) is 55.0 Å². The van der Waals surface area contributed by atoms with Crippen molar-refractivity contribution < 1.29 is 14.3 Å². The van der Waals surface area contributed by atoms with Gasteiger partial charge >= 0.3 is 0 Å². The third-order valence-electron chi connectivity index (χ3n) is 3.40. The van der Waals surface area contributed by atoms with E-state index in [9.17, 15) is 9.59 Å². The number of carbonyl (C=O) groups excluding carboxylic acids is 2. The molecular weight excluding hydrogens is 445 g/mol. The van der Waals surface area contributed by atoms with Crippen molar-refractivity contribution in [3.8, 4) is 5.75 Å². The molecule has 0 bridgehead atoms. The van der Waals surface area contributed by atoms with E-state index in [1.54, 1.807) is 36.4 Å². The molecule has 2 aromatic carbocycles. The number of ether oxygens (including phenoxy) is 1. The summed E-state index contributed by atoms with van der Waals surface area (Å²) in [6, 6.07) is 11.5. The van der Waals surface area contributed by atoms with Gasteiger partial charge in [0.25, 0.3) is 5.91 Å². The molecule has 6 nitrogen and oxygen atoms in total. The minimum Gasteiger partial charge on any atom is -0.479 e. The van der Waals surface area contributed by atoms with Gasteiger partial charge in [-0.2, -0.15) is 0 Å². The summed E-state index contributed by atoms with van der Waals surface area (Å²) < 4.78 is 5.48. The number of hydrazine groups is 1.